The molecule has 0 bridgehead atoms. The van der Waals surface area contributed by atoms with Gasteiger partial charge in [-0.2, -0.15) is 0 Å². The molecule has 0 aromatic carbocycles. The van der Waals surface area contributed by atoms with Gasteiger partial charge in [0.15, 0.2) is 0 Å². The van der Waals surface area contributed by atoms with Crippen molar-refractivity contribution in [3.8, 4) is 0 Å². The van der Waals surface area contributed by atoms with E-state index in [0.29, 0.717) is 5.41 Å². The summed E-state index contributed by atoms with van der Waals surface area (Å²) in [6.45, 7) is 5.53. The molecule has 0 aliphatic heterocycles. The Labute approximate surface area is 399 Å². The Morgan fingerprint density at radius 2 is 1.08 bits per heavy atom. The van der Waals surface area contributed by atoms with E-state index >= 15 is 0 Å². The molecule has 11 aliphatic carbocycles. The lowest BCUT2D eigenvalue weighted by atomic mass is 9.47. The Bertz CT molecular complexity index is 1840. The molecule has 0 amide bonds. The van der Waals surface area contributed by atoms with Crippen molar-refractivity contribution in [2.75, 3.05) is 0 Å². The average Bonchev–Trinajstić information content (AvgIpc) is 3.37. The quantitative estimate of drug-likeness (QED) is 0.202. The van der Waals surface area contributed by atoms with Crippen LogP contribution in [0.2, 0.25) is 0 Å². The molecule has 0 radical (unpaired) electrons. The van der Waals surface area contributed by atoms with Gasteiger partial charge in [-0.25, -0.2) is 0 Å². The highest BCUT2D eigenvalue weighted by Crippen LogP contribution is 2.61. The second kappa shape index (κ2) is 20.6. The zero-order valence-corrected chi connectivity index (χ0v) is 41.9. The minimum atomic E-state index is 0.466. The van der Waals surface area contributed by atoms with Crippen LogP contribution in [0, 0.1) is 46.8 Å². The summed E-state index contributed by atoms with van der Waals surface area (Å²) in [7, 11) is 0. The lowest BCUT2D eigenvalue weighted by Crippen LogP contribution is -2.63. The fourth-order valence-electron chi connectivity index (χ4n) is 18.4. The highest BCUT2D eigenvalue weighted by atomic mass is 15.2. The van der Waals surface area contributed by atoms with E-state index in [2.05, 4.69) is 78.3 Å². The predicted molar refractivity (Wildman–Crippen MR) is 276 cm³/mol. The van der Waals surface area contributed by atoms with Gasteiger partial charge >= 0.3 is 0 Å². The van der Waals surface area contributed by atoms with Gasteiger partial charge in [0, 0.05) is 36.3 Å². The van der Waals surface area contributed by atoms with Crippen molar-refractivity contribution in [1.82, 2.24) is 9.80 Å². The number of allylic oxidation sites excluding steroid dienone is 13. The SMILES string of the molecule is CC1(C)CCC2C3C(CCC2N(C2CCC(C4=CC=CCC4)CC2)C2CCC(C4=CCCCC4)CC2)CC(N(C2CC=C(C4=CC=CCC4)CC2)C2CCC(C4=CCCCC4)CC2)CC31. The molecule has 6 fully saturated rings. The molecule has 7 atom stereocenters. The van der Waals surface area contributed by atoms with Crippen LogP contribution in [0.4, 0.5) is 0 Å². The summed E-state index contributed by atoms with van der Waals surface area (Å²) < 4.78 is 0. The van der Waals surface area contributed by atoms with Crippen LogP contribution in [0.3, 0.4) is 0 Å². The van der Waals surface area contributed by atoms with E-state index in [1.807, 2.05) is 11.1 Å². The van der Waals surface area contributed by atoms with Crippen molar-refractivity contribution in [2.24, 2.45) is 46.8 Å². The third-order valence-corrected chi connectivity index (χ3v) is 21.7. The maximum Gasteiger partial charge on any atom is 0.0139 e. The van der Waals surface area contributed by atoms with E-state index in [0.717, 1.165) is 77.7 Å². The van der Waals surface area contributed by atoms with E-state index in [-0.39, 0.29) is 0 Å². The summed E-state index contributed by atoms with van der Waals surface area (Å²) >= 11 is 0. The summed E-state index contributed by atoms with van der Waals surface area (Å²) in [5.74, 6) is 6.37. The predicted octanol–water partition coefficient (Wildman–Crippen LogP) is 16.9. The third-order valence-electron chi connectivity index (χ3n) is 21.7. The molecule has 2 nitrogen and oxygen atoms in total. The molecule has 11 aliphatic rings. The second-order valence-corrected chi connectivity index (χ2v) is 25.4. The maximum absolute atomic E-state index is 3.41. The van der Waals surface area contributed by atoms with Gasteiger partial charge in [-0.3, -0.25) is 9.80 Å². The second-order valence-electron chi connectivity index (χ2n) is 25.4. The van der Waals surface area contributed by atoms with Gasteiger partial charge in [0.1, 0.15) is 0 Å². The van der Waals surface area contributed by atoms with Crippen LogP contribution >= 0.6 is 0 Å². The topological polar surface area (TPSA) is 6.48 Å². The van der Waals surface area contributed by atoms with E-state index < -0.39 is 0 Å². The molecule has 2 heteroatoms. The summed E-state index contributed by atoms with van der Waals surface area (Å²) in [6, 6.07) is 4.85. The standard InChI is InChI=1S/C63H94N2/c1-63(2)42-41-59-61(65(56-36-27-51(28-37-56)47-19-11-5-12-20-47)57-38-29-52(30-39-57)48-21-13-6-14-22-48)40-31-53-43-58(44-60(63)62(53)59)64(54-32-23-49(24-33-54)45-15-7-3-8-16-45)55-34-25-50(26-35-55)46-17-9-4-10-18-46/h3,5,7,11,15,17,19,21,23,50-62H,4,6,8-10,12-14,16,18,20,22,24-44H2,1-2H3. The van der Waals surface area contributed by atoms with Gasteiger partial charge in [-0.15, -0.1) is 0 Å². The molecular formula is C63H94N2. The number of hydrogen-bond acceptors (Lipinski definition) is 2. The molecule has 0 heterocycles. The zero-order chi connectivity index (χ0) is 43.7. The molecule has 0 saturated heterocycles. The zero-order valence-electron chi connectivity index (χ0n) is 41.9. The number of nitrogens with zero attached hydrogens (tertiary/aromatic N) is 2. The molecule has 7 unspecified atom stereocenters. The van der Waals surface area contributed by atoms with Gasteiger partial charge < -0.3 is 0 Å². The van der Waals surface area contributed by atoms with Crippen LogP contribution in [0.15, 0.2) is 82.5 Å². The first kappa shape index (κ1) is 45.5. The maximum atomic E-state index is 3.41. The molecule has 6 saturated carbocycles. The van der Waals surface area contributed by atoms with Crippen molar-refractivity contribution in [3.05, 3.63) is 82.5 Å². The molecule has 0 N–H and O–H groups in total. The van der Waals surface area contributed by atoms with E-state index in [1.165, 1.54) is 212 Å². The van der Waals surface area contributed by atoms with Crippen LogP contribution in [-0.2, 0) is 0 Å². The molecular weight excluding hydrogens is 785 g/mol. The van der Waals surface area contributed by atoms with Crippen LogP contribution in [-0.4, -0.2) is 46.1 Å². The van der Waals surface area contributed by atoms with Gasteiger partial charge in [0.05, 0.1) is 0 Å². The van der Waals surface area contributed by atoms with E-state index in [9.17, 15) is 0 Å². The van der Waals surface area contributed by atoms with Crippen molar-refractivity contribution in [3.63, 3.8) is 0 Å². The van der Waals surface area contributed by atoms with Crippen molar-refractivity contribution in [2.45, 2.75) is 262 Å². The molecule has 65 heavy (non-hydrogen) atoms. The highest BCUT2D eigenvalue weighted by molar-refractivity contribution is 5.37. The van der Waals surface area contributed by atoms with E-state index in [1.54, 1.807) is 16.7 Å². The third kappa shape index (κ3) is 9.82. The minimum Gasteiger partial charge on any atom is -0.294 e. The molecule has 0 aromatic heterocycles. The Morgan fingerprint density at radius 1 is 0.462 bits per heavy atom. The fourth-order valence-corrected chi connectivity index (χ4v) is 18.4. The smallest absolute Gasteiger partial charge is 0.0139 e. The summed E-state index contributed by atoms with van der Waals surface area (Å²) in [5, 5.41) is 0. The van der Waals surface area contributed by atoms with Crippen LogP contribution in [0.1, 0.15) is 226 Å². The van der Waals surface area contributed by atoms with Gasteiger partial charge in [0.2, 0.25) is 0 Å². The normalized spacial score (nSPS) is 41.2. The van der Waals surface area contributed by atoms with Crippen molar-refractivity contribution < 1.29 is 0 Å². The summed E-state index contributed by atoms with van der Waals surface area (Å²) in [4.78, 5) is 6.76. The molecule has 0 spiro atoms. The fraction of sp³-hybridized carbons (Fsp3) is 0.778. The molecule has 0 aromatic rings. The number of rotatable bonds is 10. The van der Waals surface area contributed by atoms with Crippen molar-refractivity contribution in [1.29, 1.82) is 0 Å². The lowest BCUT2D eigenvalue weighted by Gasteiger charge is -2.63. The Hall–Kier alpha value is -1.90. The van der Waals surface area contributed by atoms with Gasteiger partial charge in [-0.05, 0) is 270 Å². The van der Waals surface area contributed by atoms with Crippen LogP contribution in [0.5, 0.6) is 0 Å². The highest BCUT2D eigenvalue weighted by Gasteiger charge is 2.57. The summed E-state index contributed by atoms with van der Waals surface area (Å²) in [6.07, 6.45) is 69.6. The molecule has 356 valence electrons. The average molecular weight is 879 g/mol. The summed E-state index contributed by atoms with van der Waals surface area (Å²) in [5.41, 5.74) is 9.36. The largest absolute Gasteiger partial charge is 0.294 e. The Morgan fingerprint density at radius 3 is 1.63 bits per heavy atom. The Kier molecular flexibility index (Phi) is 14.4. The first-order valence-corrected chi connectivity index (χ1v) is 29.3. The lowest BCUT2D eigenvalue weighted by molar-refractivity contribution is -0.137. The van der Waals surface area contributed by atoms with E-state index in [4.69, 9.17) is 0 Å². The Balaban J connectivity index is 0.843. The first-order valence-electron chi connectivity index (χ1n) is 29.3. The molecule has 11 rings (SSSR count). The van der Waals surface area contributed by atoms with Gasteiger partial charge in [-0.1, -0.05) is 85.3 Å². The first-order chi connectivity index (χ1) is 32.0. The van der Waals surface area contributed by atoms with Crippen LogP contribution in [0.25, 0.3) is 0 Å². The van der Waals surface area contributed by atoms with Gasteiger partial charge in [0.25, 0.3) is 0 Å². The minimum absolute atomic E-state index is 0.466. The van der Waals surface area contributed by atoms with Crippen molar-refractivity contribution >= 4 is 0 Å². The monoisotopic (exact) mass is 879 g/mol. The van der Waals surface area contributed by atoms with Crippen LogP contribution < -0.4 is 0 Å². The number of hydrogen-bond donors (Lipinski definition) is 0.